The van der Waals surface area contributed by atoms with Gasteiger partial charge in [-0.05, 0) is 67.0 Å². The van der Waals surface area contributed by atoms with E-state index < -0.39 is 25.5 Å². The van der Waals surface area contributed by atoms with Gasteiger partial charge in [0.05, 0.1) is 24.7 Å². The van der Waals surface area contributed by atoms with Crippen LogP contribution in [0.5, 0.6) is 5.75 Å². The van der Waals surface area contributed by atoms with Gasteiger partial charge in [0.15, 0.2) is 6.17 Å². The molecule has 1 heterocycles. The summed E-state index contributed by atoms with van der Waals surface area (Å²) in [6.07, 6.45) is -1.71. The van der Waals surface area contributed by atoms with Crippen LogP contribution in [0.15, 0.2) is 76.9 Å². The molecule has 12 nitrogen and oxygen atoms in total. The molecule has 3 aromatic rings. The summed E-state index contributed by atoms with van der Waals surface area (Å²) in [4.78, 5) is 43.5. The number of anilines is 1. The first kappa shape index (κ1) is 32.6. The van der Waals surface area contributed by atoms with Gasteiger partial charge in [-0.1, -0.05) is 35.9 Å². The van der Waals surface area contributed by atoms with Crippen LogP contribution in [0.25, 0.3) is 0 Å². The summed E-state index contributed by atoms with van der Waals surface area (Å²) in [5.74, 6) is -0.0917. The van der Waals surface area contributed by atoms with E-state index >= 15 is 0 Å². The van der Waals surface area contributed by atoms with Gasteiger partial charge in [0.1, 0.15) is 18.5 Å². The lowest BCUT2D eigenvalue weighted by Gasteiger charge is -2.35. The molecule has 1 aliphatic rings. The molecule has 0 saturated heterocycles. The second-order valence-electron chi connectivity index (χ2n) is 10.1. The number of carbonyl (C=O) groups is 2. The molecule has 0 aromatic heterocycles. The van der Waals surface area contributed by atoms with Gasteiger partial charge in [-0.3, -0.25) is 14.6 Å². The second kappa shape index (κ2) is 14.9. The zero-order valence-electron chi connectivity index (χ0n) is 24.3. The maximum Gasteiger partial charge on any atom is 0.488 e. The highest BCUT2D eigenvalue weighted by Gasteiger charge is 2.35. The van der Waals surface area contributed by atoms with Gasteiger partial charge >= 0.3 is 7.12 Å². The van der Waals surface area contributed by atoms with E-state index in [4.69, 9.17) is 27.1 Å². The van der Waals surface area contributed by atoms with Crippen molar-refractivity contribution in [3.05, 3.63) is 93.4 Å². The molecule has 0 fully saturated rings. The molecule has 1 aliphatic heterocycles. The van der Waals surface area contributed by atoms with E-state index in [1.54, 1.807) is 42.2 Å². The van der Waals surface area contributed by atoms with E-state index in [2.05, 4.69) is 15.8 Å². The minimum Gasteiger partial charge on any atom is -0.492 e. The molecule has 14 heteroatoms. The highest BCUT2D eigenvalue weighted by Crippen LogP contribution is 2.35. The van der Waals surface area contributed by atoms with Gasteiger partial charge < -0.3 is 36.1 Å². The fourth-order valence-electron chi connectivity index (χ4n) is 4.88. The maximum absolute atomic E-state index is 12.6. The van der Waals surface area contributed by atoms with Gasteiger partial charge in [-0.2, -0.15) is 0 Å². The average Bonchev–Trinajstić information content (AvgIpc) is 3.13. The lowest BCUT2D eigenvalue weighted by molar-refractivity contribution is -0.121. The minimum atomic E-state index is -1.61. The third-order valence-corrected chi connectivity index (χ3v) is 7.33. The van der Waals surface area contributed by atoms with Crippen molar-refractivity contribution in [1.82, 2.24) is 10.6 Å². The minimum absolute atomic E-state index is 0.00543. The largest absolute Gasteiger partial charge is 0.492 e. The molecule has 4 rings (SSSR count). The smallest absolute Gasteiger partial charge is 0.488 e. The third-order valence-electron chi connectivity index (χ3n) is 7.08. The Balaban J connectivity index is 1.61. The monoisotopic (exact) mass is 620 g/mol. The van der Waals surface area contributed by atoms with Gasteiger partial charge in [0.25, 0.3) is 5.91 Å². The molecule has 0 bridgehead atoms. The second-order valence-corrected chi connectivity index (χ2v) is 10.6. The van der Waals surface area contributed by atoms with E-state index in [1.807, 2.05) is 19.1 Å². The summed E-state index contributed by atoms with van der Waals surface area (Å²) in [5.41, 5.74) is 9.79. The molecule has 0 saturated carbocycles. The first-order valence-corrected chi connectivity index (χ1v) is 14.5. The predicted molar refractivity (Wildman–Crippen MR) is 170 cm³/mol. The summed E-state index contributed by atoms with van der Waals surface area (Å²) in [6, 6.07) is 17.6. The molecule has 3 aromatic carbocycles. The molecular weight excluding hydrogens is 587 g/mol. The number of rotatable bonds is 12. The number of nitroso groups, excluding NO2 is 1. The number of hydrogen-bond donors (Lipinski definition) is 5. The van der Waals surface area contributed by atoms with Crippen molar-refractivity contribution < 1.29 is 24.4 Å². The van der Waals surface area contributed by atoms with E-state index in [1.165, 1.54) is 24.3 Å². The molecule has 6 N–H and O–H groups in total. The van der Waals surface area contributed by atoms with Crippen molar-refractivity contribution >= 4 is 47.4 Å². The Hall–Kier alpha value is -4.30. The summed E-state index contributed by atoms with van der Waals surface area (Å²) in [5, 5.41) is 27.8. The number of fused-ring (bicyclic) bond motifs is 1. The number of nitrogens with one attached hydrogen (secondary N) is 2. The fraction of sp³-hybridized carbons (Fsp3) is 0.300. The molecule has 3 atom stereocenters. The molecule has 0 spiro atoms. The zero-order valence-corrected chi connectivity index (χ0v) is 25.1. The Labute approximate surface area is 260 Å². The van der Waals surface area contributed by atoms with Crippen molar-refractivity contribution in [2.75, 3.05) is 24.6 Å². The number of nitrogens with zero attached hydrogens (tertiary/aromatic N) is 3. The number of carbonyl (C=O) groups excluding carboxylic acids is 2. The summed E-state index contributed by atoms with van der Waals surface area (Å²) < 4.78 is 5.97. The standard InChI is InChI=1S/C30H34BClN6O6/c1-3-34-27(39)17-25-29(33)38(18(2)37-43)26-13-12-23(16-24(26)28(36-25)19-6-10-22(32)11-7-19)44-15-14-35-30(40)20-4-8-21(9-5-20)31(41)42/h4-13,16,18,25,29,41-42H,3,14-15,17,33H2,1-2H3,(H,34,39)(H,35,40)/t18?,25-,29?/m0/s1. The van der Waals surface area contributed by atoms with Crippen molar-refractivity contribution in [3.63, 3.8) is 0 Å². The molecular formula is C30H34BClN6O6. The maximum atomic E-state index is 12.6. The number of halogens is 1. The van der Waals surface area contributed by atoms with Crippen LogP contribution in [0.3, 0.4) is 0 Å². The number of aliphatic imine (C=N–C) groups is 1. The van der Waals surface area contributed by atoms with Crippen LogP contribution in [0.2, 0.25) is 5.02 Å². The molecule has 2 amide bonds. The Kier molecular flexibility index (Phi) is 11.1. The molecule has 0 aliphatic carbocycles. The Morgan fingerprint density at radius 3 is 2.45 bits per heavy atom. The molecule has 0 radical (unpaired) electrons. The SMILES string of the molecule is CCNC(=O)C[C@@H]1N=C(c2ccc(Cl)cc2)c2cc(OCCNC(=O)c3ccc(B(O)O)cc3)ccc2N(C(C)N=O)C1N. The van der Waals surface area contributed by atoms with Crippen LogP contribution in [0.1, 0.15) is 41.8 Å². The number of amides is 2. The van der Waals surface area contributed by atoms with Gasteiger partial charge in [0, 0.05) is 33.9 Å². The normalized spacial score (nSPS) is 16.6. The Morgan fingerprint density at radius 1 is 1.11 bits per heavy atom. The van der Waals surface area contributed by atoms with Crippen molar-refractivity contribution in [3.8, 4) is 5.75 Å². The molecule has 2 unspecified atom stereocenters. The van der Waals surface area contributed by atoms with E-state index in [0.29, 0.717) is 39.8 Å². The number of hydrogen-bond acceptors (Lipinski definition) is 10. The highest BCUT2D eigenvalue weighted by molar-refractivity contribution is 6.58. The van der Waals surface area contributed by atoms with Crippen LogP contribution in [-0.4, -0.2) is 72.8 Å². The van der Waals surface area contributed by atoms with Gasteiger partial charge in [-0.25, -0.2) is 0 Å². The number of nitrogens with two attached hydrogens (primary N) is 1. The quantitative estimate of drug-likeness (QED) is 0.115. The number of benzodiazepines with no additional fused rings is 1. The third kappa shape index (κ3) is 7.80. The van der Waals surface area contributed by atoms with E-state index in [9.17, 15) is 24.5 Å². The lowest BCUT2D eigenvalue weighted by atomic mass is 9.80. The first-order chi connectivity index (χ1) is 21.1. The lowest BCUT2D eigenvalue weighted by Crippen LogP contribution is -2.53. The Morgan fingerprint density at radius 2 is 1.82 bits per heavy atom. The van der Waals surface area contributed by atoms with Crippen molar-refractivity contribution in [1.29, 1.82) is 0 Å². The van der Waals surface area contributed by atoms with Crippen LogP contribution in [-0.2, 0) is 4.79 Å². The zero-order chi connectivity index (χ0) is 31.8. The molecule has 230 valence electrons. The van der Waals surface area contributed by atoms with Crippen LogP contribution < -0.4 is 31.5 Å². The fourth-order valence-corrected chi connectivity index (χ4v) is 5.01. The van der Waals surface area contributed by atoms with Crippen molar-refractivity contribution in [2.45, 2.75) is 38.6 Å². The van der Waals surface area contributed by atoms with E-state index in [-0.39, 0.29) is 36.8 Å². The van der Waals surface area contributed by atoms with Crippen LogP contribution >= 0.6 is 11.6 Å². The predicted octanol–water partition coefficient (Wildman–Crippen LogP) is 1.78. The number of ether oxygens (including phenoxy) is 1. The van der Waals surface area contributed by atoms with Gasteiger partial charge in [-0.15, -0.1) is 4.91 Å². The topological polar surface area (TPSA) is 179 Å². The summed E-state index contributed by atoms with van der Waals surface area (Å²) in [6.45, 7) is 4.23. The summed E-state index contributed by atoms with van der Waals surface area (Å²) in [7, 11) is -1.61. The van der Waals surface area contributed by atoms with Crippen LogP contribution in [0, 0.1) is 4.91 Å². The highest BCUT2D eigenvalue weighted by atomic mass is 35.5. The van der Waals surface area contributed by atoms with Gasteiger partial charge in [0.2, 0.25) is 5.91 Å². The Bertz CT molecular complexity index is 1500. The van der Waals surface area contributed by atoms with Crippen molar-refractivity contribution in [2.24, 2.45) is 15.9 Å². The summed E-state index contributed by atoms with van der Waals surface area (Å²) >= 11 is 6.16. The first-order valence-electron chi connectivity index (χ1n) is 14.1. The average molecular weight is 621 g/mol. The van der Waals surface area contributed by atoms with E-state index in [0.717, 1.165) is 5.56 Å². The molecule has 44 heavy (non-hydrogen) atoms. The van der Waals surface area contributed by atoms with Crippen LogP contribution in [0.4, 0.5) is 5.69 Å². The number of benzene rings is 3.